The second-order valence-corrected chi connectivity index (χ2v) is 6.31. The highest BCUT2D eigenvalue weighted by Crippen LogP contribution is 2.26. The van der Waals surface area contributed by atoms with E-state index in [0.717, 1.165) is 44.9 Å². The third kappa shape index (κ3) is 4.87. The van der Waals surface area contributed by atoms with E-state index >= 15 is 0 Å². The maximum absolute atomic E-state index is 13.6. The highest BCUT2D eigenvalue weighted by molar-refractivity contribution is 9.10. The van der Waals surface area contributed by atoms with E-state index in [1.807, 2.05) is 0 Å². The molecule has 0 saturated carbocycles. The number of likely N-dealkylation sites (N-methyl/N-ethyl adjacent to an activating group) is 1. The minimum atomic E-state index is -0.782. The molecule has 0 aromatic heterocycles. The molecule has 1 N–H and O–H groups in total. The first-order valence-corrected chi connectivity index (χ1v) is 8.19. The van der Waals surface area contributed by atoms with Gasteiger partial charge in [0.1, 0.15) is 12.7 Å². The molecular weight excluding hydrogens is 358 g/mol. The largest absolute Gasteiger partial charge is 0.485 e. The highest BCUT2D eigenvalue weighted by atomic mass is 79.9. The number of ether oxygens (including phenoxy) is 1. The van der Waals surface area contributed by atoms with E-state index in [2.05, 4.69) is 32.7 Å². The quantitative estimate of drug-likeness (QED) is 0.822. The molecule has 1 aliphatic rings. The van der Waals surface area contributed by atoms with Gasteiger partial charge >= 0.3 is 0 Å². The van der Waals surface area contributed by atoms with E-state index in [1.165, 1.54) is 0 Å². The van der Waals surface area contributed by atoms with Crippen LogP contribution in [0.4, 0.5) is 8.78 Å². The number of β-amino-alcohol motifs (C(OH)–C–C–N with tert-alkyl or cyclic N) is 1. The summed E-state index contributed by atoms with van der Waals surface area (Å²) in [5.41, 5.74) is 0. The van der Waals surface area contributed by atoms with Crippen molar-refractivity contribution in [1.29, 1.82) is 0 Å². The lowest BCUT2D eigenvalue weighted by molar-refractivity contribution is 0.0451. The van der Waals surface area contributed by atoms with Gasteiger partial charge in [-0.25, -0.2) is 8.78 Å². The first-order valence-electron chi connectivity index (χ1n) is 7.39. The summed E-state index contributed by atoms with van der Waals surface area (Å²) in [5, 5.41) is 9.99. The molecule has 0 radical (unpaired) electrons. The number of hydrogen-bond acceptors (Lipinski definition) is 4. The van der Waals surface area contributed by atoms with Crippen molar-refractivity contribution in [2.75, 3.05) is 45.9 Å². The van der Waals surface area contributed by atoms with Crippen LogP contribution >= 0.6 is 15.9 Å². The number of aliphatic hydroxyl groups excluding tert-OH is 1. The minimum absolute atomic E-state index is 0.135. The molecule has 1 fully saturated rings. The molecule has 1 aromatic carbocycles. The van der Waals surface area contributed by atoms with Gasteiger partial charge in [-0.1, -0.05) is 22.9 Å². The summed E-state index contributed by atoms with van der Waals surface area (Å²) in [6.07, 6.45) is -0.782. The van der Waals surface area contributed by atoms with Crippen molar-refractivity contribution in [3.63, 3.8) is 0 Å². The number of piperazine rings is 1. The van der Waals surface area contributed by atoms with Crippen LogP contribution in [-0.4, -0.2) is 66.9 Å². The van der Waals surface area contributed by atoms with Crippen LogP contribution in [-0.2, 0) is 0 Å². The average molecular weight is 379 g/mol. The Morgan fingerprint density at radius 2 is 1.73 bits per heavy atom. The van der Waals surface area contributed by atoms with Gasteiger partial charge in [0.15, 0.2) is 17.4 Å². The lowest BCUT2D eigenvalue weighted by Gasteiger charge is -2.34. The summed E-state index contributed by atoms with van der Waals surface area (Å²) in [6, 6.07) is 2.27. The summed E-state index contributed by atoms with van der Waals surface area (Å²) in [4.78, 5) is 4.47. The summed E-state index contributed by atoms with van der Waals surface area (Å²) in [5.74, 6) is -2.01. The summed E-state index contributed by atoms with van der Waals surface area (Å²) in [6.45, 7) is 7.17. The van der Waals surface area contributed by atoms with Gasteiger partial charge in [-0.05, 0) is 18.7 Å². The first kappa shape index (κ1) is 17.6. The van der Waals surface area contributed by atoms with Crippen molar-refractivity contribution in [2.24, 2.45) is 0 Å². The fourth-order valence-corrected chi connectivity index (χ4v) is 2.89. The van der Waals surface area contributed by atoms with E-state index in [0.29, 0.717) is 11.0 Å². The molecule has 1 atom stereocenters. The van der Waals surface area contributed by atoms with Crippen molar-refractivity contribution < 1.29 is 18.6 Å². The molecule has 1 aromatic rings. The predicted octanol–water partition coefficient (Wildman–Crippen LogP) is 2.10. The molecule has 0 spiro atoms. The highest BCUT2D eigenvalue weighted by Gasteiger charge is 2.19. The van der Waals surface area contributed by atoms with Gasteiger partial charge in [0.2, 0.25) is 0 Å². The van der Waals surface area contributed by atoms with Gasteiger partial charge in [0.05, 0.1) is 0 Å². The number of halogens is 3. The lowest BCUT2D eigenvalue weighted by atomic mass is 10.2. The number of hydrogen-bond donors (Lipinski definition) is 1. The van der Waals surface area contributed by atoms with Crippen molar-refractivity contribution in [1.82, 2.24) is 9.80 Å². The van der Waals surface area contributed by atoms with Crippen molar-refractivity contribution in [2.45, 2.75) is 13.0 Å². The normalized spacial score (nSPS) is 18.4. The van der Waals surface area contributed by atoms with Gasteiger partial charge < -0.3 is 14.7 Å². The molecular formula is C15H21BrF2N2O2. The van der Waals surface area contributed by atoms with E-state index < -0.39 is 23.5 Å². The van der Waals surface area contributed by atoms with Crippen LogP contribution in [0.3, 0.4) is 0 Å². The van der Waals surface area contributed by atoms with Gasteiger partial charge in [0.25, 0.3) is 0 Å². The zero-order chi connectivity index (χ0) is 16.1. The molecule has 1 unspecified atom stereocenters. The molecule has 22 heavy (non-hydrogen) atoms. The first-order chi connectivity index (χ1) is 10.5. The third-order valence-electron chi connectivity index (χ3n) is 3.76. The molecule has 2 rings (SSSR count). The number of benzene rings is 1. The fourth-order valence-electron chi connectivity index (χ4n) is 2.49. The molecule has 1 aliphatic heterocycles. The SMILES string of the molecule is CCN1CCN(CC(O)COc2c(F)cc(Br)cc2F)CC1. The summed E-state index contributed by atoms with van der Waals surface area (Å²) < 4.78 is 32.6. The van der Waals surface area contributed by atoms with Crippen LogP contribution in [0.25, 0.3) is 0 Å². The third-order valence-corrected chi connectivity index (χ3v) is 4.22. The van der Waals surface area contributed by atoms with Crippen molar-refractivity contribution in [3.05, 3.63) is 28.2 Å². The zero-order valence-corrected chi connectivity index (χ0v) is 14.2. The zero-order valence-electron chi connectivity index (χ0n) is 12.6. The van der Waals surface area contributed by atoms with E-state index in [1.54, 1.807) is 0 Å². The van der Waals surface area contributed by atoms with E-state index in [9.17, 15) is 13.9 Å². The smallest absolute Gasteiger partial charge is 0.190 e. The van der Waals surface area contributed by atoms with Crippen molar-refractivity contribution >= 4 is 15.9 Å². The van der Waals surface area contributed by atoms with Crippen LogP contribution in [0.15, 0.2) is 16.6 Å². The van der Waals surface area contributed by atoms with Crippen molar-refractivity contribution in [3.8, 4) is 5.75 Å². The Morgan fingerprint density at radius 3 is 2.27 bits per heavy atom. The standard InChI is InChI=1S/C15H21BrF2N2O2/c1-2-19-3-5-20(6-4-19)9-12(21)10-22-15-13(17)7-11(16)8-14(15)18/h7-8,12,21H,2-6,9-10H2,1H3. The summed E-state index contributed by atoms with van der Waals surface area (Å²) >= 11 is 3.01. The van der Waals surface area contributed by atoms with Gasteiger partial charge in [-0.15, -0.1) is 0 Å². The molecule has 7 heteroatoms. The predicted molar refractivity (Wildman–Crippen MR) is 84.1 cm³/mol. The van der Waals surface area contributed by atoms with Crippen LogP contribution in [0.2, 0.25) is 0 Å². The van der Waals surface area contributed by atoms with Crippen LogP contribution < -0.4 is 4.74 Å². The number of aliphatic hydroxyl groups is 1. The monoisotopic (exact) mass is 378 g/mol. The van der Waals surface area contributed by atoms with Gasteiger partial charge in [0, 0.05) is 37.2 Å². The topological polar surface area (TPSA) is 35.9 Å². The molecule has 1 saturated heterocycles. The van der Waals surface area contributed by atoms with Crippen LogP contribution in [0.5, 0.6) is 5.75 Å². The Kier molecular flexibility index (Phi) is 6.55. The second-order valence-electron chi connectivity index (χ2n) is 5.40. The molecule has 4 nitrogen and oxygen atoms in total. The molecule has 1 heterocycles. The Hall–Kier alpha value is -0.760. The van der Waals surface area contributed by atoms with E-state index in [4.69, 9.17) is 4.74 Å². The fraction of sp³-hybridized carbons (Fsp3) is 0.600. The Bertz CT molecular complexity index is 473. The maximum Gasteiger partial charge on any atom is 0.190 e. The Labute approximate surface area is 137 Å². The number of rotatable bonds is 6. The van der Waals surface area contributed by atoms with E-state index in [-0.39, 0.29) is 6.61 Å². The summed E-state index contributed by atoms with van der Waals surface area (Å²) in [7, 11) is 0. The maximum atomic E-state index is 13.6. The number of nitrogens with zero attached hydrogens (tertiary/aromatic N) is 2. The molecule has 0 amide bonds. The molecule has 0 bridgehead atoms. The second kappa shape index (κ2) is 8.19. The van der Waals surface area contributed by atoms with Gasteiger partial charge in [-0.2, -0.15) is 0 Å². The lowest BCUT2D eigenvalue weighted by Crippen LogP contribution is -2.49. The Balaban J connectivity index is 1.80. The minimum Gasteiger partial charge on any atom is -0.485 e. The van der Waals surface area contributed by atoms with Crippen LogP contribution in [0.1, 0.15) is 6.92 Å². The molecule has 124 valence electrons. The Morgan fingerprint density at radius 1 is 1.18 bits per heavy atom. The van der Waals surface area contributed by atoms with Crippen LogP contribution in [0, 0.1) is 11.6 Å². The average Bonchev–Trinajstić information content (AvgIpc) is 2.47. The van der Waals surface area contributed by atoms with Gasteiger partial charge in [-0.3, -0.25) is 4.90 Å². The molecule has 0 aliphatic carbocycles.